The lowest BCUT2D eigenvalue weighted by molar-refractivity contribution is -0.138. The maximum Gasteiger partial charge on any atom is 0.338 e. The summed E-state index contributed by atoms with van der Waals surface area (Å²) in [6.07, 6.45) is 3.81. The van der Waals surface area contributed by atoms with Gasteiger partial charge < -0.3 is 14.2 Å². The van der Waals surface area contributed by atoms with Gasteiger partial charge >= 0.3 is 5.97 Å². The molecule has 1 atom stereocenters. The number of nitriles is 1. The highest BCUT2D eigenvalue weighted by atomic mass is 127. The first-order valence-electron chi connectivity index (χ1n) is 15.3. The van der Waals surface area contributed by atoms with Crippen molar-refractivity contribution in [1.82, 2.24) is 4.57 Å². The molecule has 6 rings (SSSR count). The van der Waals surface area contributed by atoms with Crippen LogP contribution in [0.15, 0.2) is 111 Å². The molecule has 4 aromatic carbocycles. The van der Waals surface area contributed by atoms with Gasteiger partial charge in [0.2, 0.25) is 0 Å². The van der Waals surface area contributed by atoms with E-state index in [1.54, 1.807) is 42.5 Å². The summed E-state index contributed by atoms with van der Waals surface area (Å²) in [5.41, 5.74) is 4.28. The van der Waals surface area contributed by atoms with Crippen molar-refractivity contribution in [2.45, 2.75) is 24.5 Å². The molecular formula is C38H30IN3O5S2. The largest absolute Gasteiger partial charge is 0.493 e. The number of carbonyl (C=O) groups is 1. The van der Waals surface area contributed by atoms with E-state index in [1.165, 1.54) is 11.3 Å². The summed E-state index contributed by atoms with van der Waals surface area (Å²) in [4.78, 5) is 34.5. The van der Waals surface area contributed by atoms with Crippen LogP contribution in [0.5, 0.6) is 11.5 Å². The van der Waals surface area contributed by atoms with Crippen molar-refractivity contribution in [1.29, 1.82) is 5.26 Å². The van der Waals surface area contributed by atoms with Gasteiger partial charge in [-0.15, -0.1) is 11.8 Å². The number of hydrogen-bond donors (Lipinski definition) is 0. The predicted molar refractivity (Wildman–Crippen MR) is 200 cm³/mol. The summed E-state index contributed by atoms with van der Waals surface area (Å²) in [5, 5.41) is 9.08. The van der Waals surface area contributed by atoms with Gasteiger partial charge in [-0.1, -0.05) is 65.9 Å². The highest BCUT2D eigenvalue weighted by Crippen LogP contribution is 2.37. The summed E-state index contributed by atoms with van der Waals surface area (Å²) < 4.78 is 20.3. The third kappa shape index (κ3) is 7.22. The SMILES string of the molecule is CCOC(=O)C1=C(c2ccccc2)N=c2s/c(=C\c3cc(I)c(OCc4ccc(C#N)cc4)c(OC)c3)c(=O)n2[C@H]1c1ccc(SC)cc1. The Hall–Kier alpha value is -4.64. The second kappa shape index (κ2) is 15.3. The molecule has 0 saturated carbocycles. The molecule has 0 fully saturated rings. The summed E-state index contributed by atoms with van der Waals surface area (Å²) in [7, 11) is 1.57. The van der Waals surface area contributed by atoms with E-state index in [2.05, 4.69) is 28.7 Å². The molecule has 0 unspecified atom stereocenters. The van der Waals surface area contributed by atoms with Crippen molar-refractivity contribution in [2.24, 2.45) is 4.99 Å². The number of halogens is 1. The average molecular weight is 800 g/mol. The fourth-order valence-electron chi connectivity index (χ4n) is 5.49. The lowest BCUT2D eigenvalue weighted by atomic mass is 9.93. The van der Waals surface area contributed by atoms with E-state index in [4.69, 9.17) is 24.5 Å². The van der Waals surface area contributed by atoms with Crippen LogP contribution in [0.1, 0.15) is 40.8 Å². The number of thioether (sulfide) groups is 1. The number of carbonyl (C=O) groups excluding carboxylic acids is 1. The Morgan fingerprint density at radius 1 is 1.08 bits per heavy atom. The maximum absolute atomic E-state index is 14.3. The van der Waals surface area contributed by atoms with Crippen LogP contribution in [-0.2, 0) is 16.1 Å². The Kier molecular flexibility index (Phi) is 10.7. The van der Waals surface area contributed by atoms with Crippen LogP contribution in [-0.4, -0.2) is 30.5 Å². The van der Waals surface area contributed by atoms with Crippen molar-refractivity contribution in [3.05, 3.63) is 148 Å². The summed E-state index contributed by atoms with van der Waals surface area (Å²) >= 11 is 5.07. The summed E-state index contributed by atoms with van der Waals surface area (Å²) in [5.74, 6) is 0.572. The second-order valence-electron chi connectivity index (χ2n) is 10.8. The molecule has 246 valence electrons. The molecule has 49 heavy (non-hydrogen) atoms. The van der Waals surface area contributed by atoms with Crippen LogP contribution in [0, 0.1) is 14.9 Å². The fourth-order valence-corrected chi connectivity index (χ4v) is 7.68. The number of methoxy groups -OCH3 is 1. The molecule has 0 N–H and O–H groups in total. The van der Waals surface area contributed by atoms with Gasteiger partial charge in [-0.25, -0.2) is 9.79 Å². The molecule has 0 aliphatic carbocycles. The Morgan fingerprint density at radius 2 is 1.82 bits per heavy atom. The number of benzene rings is 4. The van der Waals surface area contributed by atoms with E-state index < -0.39 is 12.0 Å². The smallest absolute Gasteiger partial charge is 0.338 e. The molecule has 0 radical (unpaired) electrons. The Bertz CT molecular complexity index is 2270. The van der Waals surface area contributed by atoms with Gasteiger partial charge in [0, 0.05) is 10.5 Å². The number of rotatable bonds is 10. The number of nitrogens with zero attached hydrogens (tertiary/aromatic N) is 3. The number of thiazole rings is 1. The van der Waals surface area contributed by atoms with Crippen LogP contribution >= 0.6 is 45.7 Å². The van der Waals surface area contributed by atoms with Crippen molar-refractivity contribution in [3.63, 3.8) is 0 Å². The third-order valence-electron chi connectivity index (χ3n) is 7.82. The molecule has 0 spiro atoms. The average Bonchev–Trinajstić information content (AvgIpc) is 3.44. The molecule has 11 heteroatoms. The minimum absolute atomic E-state index is 0.181. The molecule has 1 aromatic heterocycles. The quantitative estimate of drug-likeness (QED) is 0.0879. The zero-order valence-electron chi connectivity index (χ0n) is 26.8. The molecule has 1 aliphatic heterocycles. The zero-order valence-corrected chi connectivity index (χ0v) is 30.6. The van der Waals surface area contributed by atoms with Crippen LogP contribution < -0.4 is 24.4 Å². The molecular weight excluding hydrogens is 769 g/mol. The minimum Gasteiger partial charge on any atom is -0.493 e. The molecule has 2 heterocycles. The first-order valence-corrected chi connectivity index (χ1v) is 18.4. The summed E-state index contributed by atoms with van der Waals surface area (Å²) in [6.45, 7) is 2.23. The lowest BCUT2D eigenvalue weighted by Crippen LogP contribution is -2.40. The first kappa shape index (κ1) is 34.2. The molecule has 8 nitrogen and oxygen atoms in total. The molecule has 1 aliphatic rings. The molecule has 0 amide bonds. The van der Waals surface area contributed by atoms with Crippen molar-refractivity contribution < 1.29 is 19.0 Å². The van der Waals surface area contributed by atoms with E-state index in [9.17, 15) is 9.59 Å². The van der Waals surface area contributed by atoms with Gasteiger partial charge in [0.05, 0.1) is 50.8 Å². The molecule has 5 aromatic rings. The Morgan fingerprint density at radius 3 is 2.47 bits per heavy atom. The van der Waals surface area contributed by atoms with Crippen LogP contribution in [0.4, 0.5) is 0 Å². The second-order valence-corrected chi connectivity index (χ2v) is 13.9. The number of fused-ring (bicyclic) bond motifs is 1. The normalized spacial score (nSPS) is 14.1. The first-order chi connectivity index (χ1) is 23.8. The zero-order chi connectivity index (χ0) is 34.5. The van der Waals surface area contributed by atoms with Gasteiger partial charge in [-0.05, 0) is 94.9 Å². The van der Waals surface area contributed by atoms with E-state index in [0.29, 0.717) is 44.3 Å². The van der Waals surface area contributed by atoms with Crippen LogP contribution in [0.25, 0.3) is 11.8 Å². The minimum atomic E-state index is -0.753. The number of aromatic nitrogens is 1. The topological polar surface area (TPSA) is 103 Å². The van der Waals surface area contributed by atoms with Gasteiger partial charge in [0.15, 0.2) is 16.3 Å². The fraction of sp³-hybridized carbons (Fsp3) is 0.158. The van der Waals surface area contributed by atoms with Gasteiger partial charge in [0.1, 0.15) is 6.61 Å². The standard InChI is InChI=1S/C38H30IN3O5S2/c1-4-46-37(44)32-33(26-8-6-5-7-9-26)41-38-42(34(32)27-14-16-28(48-3)17-15-27)36(43)31(49-38)20-25-18-29(39)35(30(19-25)45-2)47-22-24-12-10-23(21-40)11-13-24/h5-20,34H,4,22H2,1-3H3/b31-20-/t34-/m0/s1. The van der Waals surface area contributed by atoms with E-state index in [1.807, 2.05) is 91.2 Å². The van der Waals surface area contributed by atoms with Crippen molar-refractivity contribution in [3.8, 4) is 17.6 Å². The molecule has 0 saturated heterocycles. The molecule has 0 bridgehead atoms. The number of esters is 1. The van der Waals surface area contributed by atoms with E-state index >= 15 is 0 Å². The van der Waals surface area contributed by atoms with Crippen molar-refractivity contribution in [2.75, 3.05) is 20.0 Å². The third-order valence-corrected chi connectivity index (χ3v) is 10.3. The van der Waals surface area contributed by atoms with Gasteiger partial charge in [0.25, 0.3) is 5.56 Å². The summed E-state index contributed by atoms with van der Waals surface area (Å²) in [6, 6.07) is 29.7. The lowest BCUT2D eigenvalue weighted by Gasteiger charge is -2.26. The highest BCUT2D eigenvalue weighted by Gasteiger charge is 2.35. The van der Waals surface area contributed by atoms with E-state index in [0.717, 1.165) is 30.7 Å². The van der Waals surface area contributed by atoms with Crippen LogP contribution in [0.2, 0.25) is 0 Å². The van der Waals surface area contributed by atoms with Gasteiger partial charge in [-0.2, -0.15) is 5.26 Å². The Labute approximate surface area is 305 Å². The van der Waals surface area contributed by atoms with Crippen molar-refractivity contribution >= 4 is 63.4 Å². The number of hydrogen-bond acceptors (Lipinski definition) is 9. The monoisotopic (exact) mass is 799 g/mol. The van der Waals surface area contributed by atoms with E-state index in [-0.39, 0.29) is 12.2 Å². The Balaban J connectivity index is 1.47. The number of ether oxygens (including phenoxy) is 3. The van der Waals surface area contributed by atoms with Crippen LogP contribution in [0.3, 0.4) is 0 Å². The van der Waals surface area contributed by atoms with Gasteiger partial charge in [-0.3, -0.25) is 9.36 Å². The predicted octanol–water partition coefficient (Wildman–Crippen LogP) is 6.72. The maximum atomic E-state index is 14.3. The highest BCUT2D eigenvalue weighted by molar-refractivity contribution is 14.1.